The molecule has 1 heterocycles. The molecule has 4 nitrogen and oxygen atoms in total. The Morgan fingerprint density at radius 2 is 1.88 bits per heavy atom. The molecule has 0 unspecified atom stereocenters. The maximum Gasteiger partial charge on any atom is 0.270 e. The molecule has 0 spiro atoms. The smallest absolute Gasteiger partial charge is 0.270 e. The van der Waals surface area contributed by atoms with Crippen molar-refractivity contribution in [3.63, 3.8) is 0 Å². The van der Waals surface area contributed by atoms with Gasteiger partial charge in [-0.15, -0.1) is 11.3 Å². The normalized spacial score (nSPS) is 10.5. The van der Waals surface area contributed by atoms with Gasteiger partial charge in [-0.1, -0.05) is 36.4 Å². The van der Waals surface area contributed by atoms with E-state index in [1.807, 2.05) is 24.3 Å². The van der Waals surface area contributed by atoms with E-state index in [4.69, 9.17) is 0 Å². The standard InChI is InChI=1S/C20H21N3OS/c1-14-8-9-17(12-15(14)2)22-20-23-18(13-25-20)19(24)21-11-10-16-6-4-3-5-7-16/h3-9,12-13H,10-11H2,1-2H3,(H,21,24)(H,22,23). The molecule has 25 heavy (non-hydrogen) atoms. The van der Waals surface area contributed by atoms with Gasteiger partial charge in [0.15, 0.2) is 5.13 Å². The molecule has 3 rings (SSSR count). The van der Waals surface area contributed by atoms with Crippen LogP contribution in [0.4, 0.5) is 10.8 Å². The molecule has 1 amide bonds. The molecule has 3 aromatic rings. The predicted molar refractivity (Wildman–Crippen MR) is 104 cm³/mol. The summed E-state index contributed by atoms with van der Waals surface area (Å²) in [5.41, 5.74) is 5.11. The van der Waals surface area contributed by atoms with E-state index in [0.717, 1.165) is 17.2 Å². The quantitative estimate of drug-likeness (QED) is 0.689. The summed E-state index contributed by atoms with van der Waals surface area (Å²) in [7, 11) is 0. The van der Waals surface area contributed by atoms with Crippen molar-refractivity contribution in [3.05, 3.63) is 76.3 Å². The summed E-state index contributed by atoms with van der Waals surface area (Å²) in [6.45, 7) is 4.76. The Balaban J connectivity index is 1.55. The van der Waals surface area contributed by atoms with Gasteiger partial charge in [-0.2, -0.15) is 0 Å². The van der Waals surface area contributed by atoms with Crippen molar-refractivity contribution < 1.29 is 4.79 Å². The minimum atomic E-state index is -0.139. The largest absolute Gasteiger partial charge is 0.350 e. The van der Waals surface area contributed by atoms with Crippen LogP contribution < -0.4 is 10.6 Å². The van der Waals surface area contributed by atoms with Gasteiger partial charge >= 0.3 is 0 Å². The van der Waals surface area contributed by atoms with Crippen molar-refractivity contribution >= 4 is 28.1 Å². The summed E-state index contributed by atoms with van der Waals surface area (Å²) in [6, 6.07) is 16.3. The number of carbonyl (C=O) groups is 1. The summed E-state index contributed by atoms with van der Waals surface area (Å²) in [5.74, 6) is -0.139. The number of aromatic nitrogens is 1. The molecule has 0 fully saturated rings. The van der Waals surface area contributed by atoms with Crippen LogP contribution in [0.2, 0.25) is 0 Å². The molecule has 0 atom stereocenters. The van der Waals surface area contributed by atoms with E-state index in [1.165, 1.54) is 28.0 Å². The number of rotatable bonds is 6. The molecule has 2 aromatic carbocycles. The van der Waals surface area contributed by atoms with E-state index in [-0.39, 0.29) is 5.91 Å². The molecule has 0 aliphatic rings. The minimum Gasteiger partial charge on any atom is -0.350 e. The highest BCUT2D eigenvalue weighted by Gasteiger charge is 2.10. The van der Waals surface area contributed by atoms with Crippen LogP contribution in [0.1, 0.15) is 27.2 Å². The molecule has 0 bridgehead atoms. The van der Waals surface area contributed by atoms with Crippen LogP contribution in [-0.2, 0) is 6.42 Å². The third-order valence-corrected chi connectivity index (χ3v) is 4.79. The van der Waals surface area contributed by atoms with Crippen LogP contribution in [0.5, 0.6) is 0 Å². The Morgan fingerprint density at radius 1 is 1.08 bits per heavy atom. The van der Waals surface area contributed by atoms with Crippen LogP contribution in [0.25, 0.3) is 0 Å². The summed E-state index contributed by atoms with van der Waals surface area (Å²) >= 11 is 1.43. The van der Waals surface area contributed by atoms with Gasteiger partial charge in [-0.05, 0) is 49.1 Å². The first kappa shape index (κ1) is 17.2. The third-order valence-electron chi connectivity index (χ3n) is 4.04. The van der Waals surface area contributed by atoms with Gasteiger partial charge in [0.25, 0.3) is 5.91 Å². The Bertz CT molecular complexity index is 858. The molecule has 0 radical (unpaired) electrons. The van der Waals surface area contributed by atoms with Crippen LogP contribution in [-0.4, -0.2) is 17.4 Å². The third kappa shape index (κ3) is 4.67. The van der Waals surface area contributed by atoms with E-state index >= 15 is 0 Å². The monoisotopic (exact) mass is 351 g/mol. The molecular weight excluding hydrogens is 330 g/mol. The number of nitrogens with one attached hydrogen (secondary N) is 2. The number of amides is 1. The Morgan fingerprint density at radius 3 is 2.64 bits per heavy atom. The lowest BCUT2D eigenvalue weighted by Gasteiger charge is -2.06. The number of anilines is 2. The van der Waals surface area contributed by atoms with Gasteiger partial charge in [-0.25, -0.2) is 4.98 Å². The fourth-order valence-corrected chi connectivity index (χ4v) is 3.14. The number of carbonyl (C=O) groups excluding carboxylic acids is 1. The SMILES string of the molecule is Cc1ccc(Nc2nc(C(=O)NCCc3ccccc3)cs2)cc1C. The Labute approximate surface area is 151 Å². The predicted octanol–water partition coefficient (Wildman–Crippen LogP) is 4.48. The van der Waals surface area contributed by atoms with Crippen LogP contribution in [0.3, 0.4) is 0 Å². The van der Waals surface area contributed by atoms with Crippen molar-refractivity contribution in [3.8, 4) is 0 Å². The number of thiazole rings is 1. The summed E-state index contributed by atoms with van der Waals surface area (Å²) < 4.78 is 0. The fraction of sp³-hybridized carbons (Fsp3) is 0.200. The van der Waals surface area contributed by atoms with Gasteiger partial charge in [-0.3, -0.25) is 4.79 Å². The van der Waals surface area contributed by atoms with Crippen LogP contribution in [0, 0.1) is 13.8 Å². The molecule has 0 saturated carbocycles. The van der Waals surface area contributed by atoms with Crippen molar-refractivity contribution in [1.29, 1.82) is 0 Å². The number of hydrogen-bond donors (Lipinski definition) is 2. The molecule has 0 saturated heterocycles. The zero-order valence-electron chi connectivity index (χ0n) is 14.4. The van der Waals surface area contributed by atoms with Crippen LogP contribution >= 0.6 is 11.3 Å². The average Bonchev–Trinajstić information content (AvgIpc) is 3.08. The van der Waals surface area contributed by atoms with Gasteiger partial charge in [0.2, 0.25) is 0 Å². The number of aryl methyl sites for hydroxylation is 2. The molecular formula is C20H21N3OS. The first-order valence-electron chi connectivity index (χ1n) is 8.24. The molecule has 1 aromatic heterocycles. The van der Waals surface area contributed by atoms with Crippen molar-refractivity contribution in [2.45, 2.75) is 20.3 Å². The Hall–Kier alpha value is -2.66. The Kier molecular flexibility index (Phi) is 5.46. The molecule has 0 aliphatic carbocycles. The molecule has 2 N–H and O–H groups in total. The van der Waals surface area contributed by atoms with E-state index < -0.39 is 0 Å². The van der Waals surface area contributed by atoms with E-state index in [1.54, 1.807) is 5.38 Å². The summed E-state index contributed by atoms with van der Waals surface area (Å²) in [5, 5.41) is 8.67. The van der Waals surface area contributed by atoms with Crippen molar-refractivity contribution in [1.82, 2.24) is 10.3 Å². The fourth-order valence-electron chi connectivity index (χ4n) is 2.43. The highest BCUT2D eigenvalue weighted by Crippen LogP contribution is 2.22. The lowest BCUT2D eigenvalue weighted by atomic mass is 10.1. The molecule has 128 valence electrons. The van der Waals surface area contributed by atoms with E-state index in [0.29, 0.717) is 12.2 Å². The topological polar surface area (TPSA) is 54.0 Å². The number of hydrogen-bond acceptors (Lipinski definition) is 4. The zero-order valence-corrected chi connectivity index (χ0v) is 15.2. The van der Waals surface area contributed by atoms with Crippen molar-refractivity contribution in [2.75, 3.05) is 11.9 Å². The number of benzene rings is 2. The zero-order chi connectivity index (χ0) is 17.6. The lowest BCUT2D eigenvalue weighted by Crippen LogP contribution is -2.25. The van der Waals surface area contributed by atoms with E-state index in [2.05, 4.69) is 53.7 Å². The van der Waals surface area contributed by atoms with Gasteiger partial charge in [0.05, 0.1) is 0 Å². The first-order chi connectivity index (χ1) is 12.1. The van der Waals surface area contributed by atoms with Gasteiger partial charge in [0.1, 0.15) is 5.69 Å². The maximum atomic E-state index is 12.2. The molecule has 0 aliphatic heterocycles. The molecule has 5 heteroatoms. The van der Waals surface area contributed by atoms with Gasteiger partial charge in [0, 0.05) is 17.6 Å². The van der Waals surface area contributed by atoms with E-state index in [9.17, 15) is 4.79 Å². The second kappa shape index (κ2) is 7.94. The van der Waals surface area contributed by atoms with Crippen molar-refractivity contribution in [2.24, 2.45) is 0 Å². The number of nitrogens with zero attached hydrogens (tertiary/aromatic N) is 1. The highest BCUT2D eigenvalue weighted by atomic mass is 32.1. The van der Waals surface area contributed by atoms with Crippen LogP contribution in [0.15, 0.2) is 53.9 Å². The van der Waals surface area contributed by atoms with Gasteiger partial charge < -0.3 is 10.6 Å². The highest BCUT2D eigenvalue weighted by molar-refractivity contribution is 7.14. The first-order valence-corrected chi connectivity index (χ1v) is 9.12. The maximum absolute atomic E-state index is 12.2. The summed E-state index contributed by atoms with van der Waals surface area (Å²) in [6.07, 6.45) is 0.810. The summed E-state index contributed by atoms with van der Waals surface area (Å²) in [4.78, 5) is 16.6. The average molecular weight is 351 g/mol. The second-order valence-corrected chi connectivity index (χ2v) is 6.81. The minimum absolute atomic E-state index is 0.139. The second-order valence-electron chi connectivity index (χ2n) is 5.95. The lowest BCUT2D eigenvalue weighted by molar-refractivity contribution is 0.0950.